The summed E-state index contributed by atoms with van der Waals surface area (Å²) in [6.45, 7) is 0. The first-order chi connectivity index (χ1) is 13.6. The molecule has 0 aliphatic heterocycles. The smallest absolute Gasteiger partial charge is 0.313 e. The fourth-order valence-electron chi connectivity index (χ4n) is 2.84. The van der Waals surface area contributed by atoms with Crippen LogP contribution in [0.15, 0.2) is 40.2 Å². The van der Waals surface area contributed by atoms with E-state index in [2.05, 4.69) is 37.0 Å². The first-order valence-electron chi connectivity index (χ1n) is 8.29. The van der Waals surface area contributed by atoms with Crippen molar-refractivity contribution in [3.8, 4) is 29.2 Å². The zero-order valence-electron chi connectivity index (χ0n) is 14.2. The van der Waals surface area contributed by atoms with E-state index in [4.69, 9.17) is 11.6 Å². The number of hydrogen-bond donors (Lipinski definition) is 2. The molecule has 8 nitrogen and oxygen atoms in total. The van der Waals surface area contributed by atoms with E-state index in [0.717, 1.165) is 6.42 Å². The second-order valence-electron chi connectivity index (χ2n) is 6.18. The molecule has 3 aromatic heterocycles. The van der Waals surface area contributed by atoms with Crippen LogP contribution in [0.25, 0.3) is 11.3 Å². The van der Waals surface area contributed by atoms with Gasteiger partial charge in [0.1, 0.15) is 17.5 Å². The first-order valence-corrected chi connectivity index (χ1v) is 8.67. The first kappa shape index (κ1) is 17.7. The van der Waals surface area contributed by atoms with Gasteiger partial charge in [-0.3, -0.25) is 9.78 Å². The molecule has 2 N–H and O–H groups in total. The van der Waals surface area contributed by atoms with E-state index in [1.807, 2.05) is 6.07 Å². The second-order valence-corrected chi connectivity index (χ2v) is 6.59. The third-order valence-corrected chi connectivity index (χ3v) is 4.65. The number of hydrogen-bond acceptors (Lipinski definition) is 6. The molecule has 4 rings (SSSR count). The van der Waals surface area contributed by atoms with Crippen molar-refractivity contribution < 1.29 is 0 Å². The molecule has 136 valence electrons. The monoisotopic (exact) mass is 390 g/mol. The summed E-state index contributed by atoms with van der Waals surface area (Å²) in [7, 11) is 0. The number of pyridine rings is 1. The van der Waals surface area contributed by atoms with E-state index in [0.29, 0.717) is 16.3 Å². The highest BCUT2D eigenvalue weighted by Gasteiger charge is 2.39. The number of H-pyrrole nitrogens is 2. The molecule has 0 spiro atoms. The van der Waals surface area contributed by atoms with Crippen LogP contribution in [0.3, 0.4) is 0 Å². The highest BCUT2D eigenvalue weighted by Crippen LogP contribution is 2.48. The van der Waals surface area contributed by atoms with E-state index in [9.17, 15) is 14.9 Å². The second kappa shape index (κ2) is 7.10. The Kier molecular flexibility index (Phi) is 4.48. The van der Waals surface area contributed by atoms with Crippen molar-refractivity contribution in [1.82, 2.24) is 25.1 Å². The Morgan fingerprint density at radius 2 is 2.11 bits per heavy atom. The normalized spacial score (nSPS) is 17.3. The molecule has 0 amide bonds. The number of nitrogens with zero attached hydrogens (tertiary/aromatic N) is 4. The van der Waals surface area contributed by atoms with Crippen LogP contribution >= 0.6 is 11.6 Å². The predicted octanol–water partition coefficient (Wildman–Crippen LogP) is 1.60. The number of rotatable bonds is 2. The molecule has 28 heavy (non-hydrogen) atoms. The third kappa shape index (κ3) is 3.41. The zero-order chi connectivity index (χ0) is 19.7. The van der Waals surface area contributed by atoms with Gasteiger partial charge < -0.3 is 4.98 Å². The summed E-state index contributed by atoms with van der Waals surface area (Å²) in [5.41, 5.74) is 0.620. The minimum atomic E-state index is -0.610. The fourth-order valence-corrected chi connectivity index (χ4v) is 3.01. The van der Waals surface area contributed by atoms with Gasteiger partial charge in [0.05, 0.1) is 10.6 Å². The van der Waals surface area contributed by atoms with Gasteiger partial charge in [0.25, 0.3) is 5.56 Å². The van der Waals surface area contributed by atoms with Crippen molar-refractivity contribution in [3.63, 3.8) is 0 Å². The molecule has 1 fully saturated rings. The van der Waals surface area contributed by atoms with E-state index < -0.39 is 11.2 Å². The number of nitrogens with one attached hydrogen (secondary N) is 2. The predicted molar refractivity (Wildman–Crippen MR) is 100 cm³/mol. The molecule has 0 bridgehead atoms. The lowest BCUT2D eigenvalue weighted by molar-refractivity contribution is 0.936. The zero-order valence-corrected chi connectivity index (χ0v) is 15.0. The lowest BCUT2D eigenvalue weighted by Gasteiger charge is -2.04. The van der Waals surface area contributed by atoms with Crippen LogP contribution in [0.1, 0.15) is 29.3 Å². The quantitative estimate of drug-likeness (QED) is 0.639. The van der Waals surface area contributed by atoms with Gasteiger partial charge in [0, 0.05) is 24.2 Å². The fraction of sp³-hybridized carbons (Fsp3) is 0.158. The molecule has 1 saturated carbocycles. The Morgan fingerprint density at radius 1 is 1.25 bits per heavy atom. The Morgan fingerprint density at radius 3 is 2.86 bits per heavy atom. The van der Waals surface area contributed by atoms with Crippen LogP contribution in [-0.2, 0) is 0 Å². The molecule has 0 aromatic carbocycles. The van der Waals surface area contributed by atoms with Gasteiger partial charge in [0.2, 0.25) is 0 Å². The summed E-state index contributed by atoms with van der Waals surface area (Å²) in [5, 5.41) is 17.7. The van der Waals surface area contributed by atoms with Gasteiger partial charge in [-0.15, -0.1) is 10.2 Å². The summed E-state index contributed by atoms with van der Waals surface area (Å²) in [5.74, 6) is 6.11. The summed E-state index contributed by atoms with van der Waals surface area (Å²) in [6, 6.07) is 7.12. The van der Waals surface area contributed by atoms with Crippen LogP contribution in [0.4, 0.5) is 0 Å². The maximum atomic E-state index is 12.0. The minimum Gasteiger partial charge on any atom is -0.313 e. The summed E-state index contributed by atoms with van der Waals surface area (Å²) in [6.07, 6.45) is 3.64. The molecule has 0 saturated heterocycles. The van der Waals surface area contributed by atoms with Crippen molar-refractivity contribution in [3.05, 3.63) is 73.4 Å². The van der Waals surface area contributed by atoms with Crippen LogP contribution in [0.2, 0.25) is 5.02 Å². The maximum absolute atomic E-state index is 12.0. The molecule has 3 heterocycles. The van der Waals surface area contributed by atoms with E-state index in [1.54, 1.807) is 24.4 Å². The van der Waals surface area contributed by atoms with Gasteiger partial charge in [-0.1, -0.05) is 17.5 Å². The highest BCUT2D eigenvalue weighted by molar-refractivity contribution is 6.31. The lowest BCUT2D eigenvalue weighted by Crippen LogP contribution is -2.23. The highest BCUT2D eigenvalue weighted by atomic mass is 35.5. The summed E-state index contributed by atoms with van der Waals surface area (Å²) in [4.78, 5) is 31.9. The molecule has 0 radical (unpaired) electrons. The maximum Gasteiger partial charge on any atom is 0.325 e. The van der Waals surface area contributed by atoms with E-state index in [-0.39, 0.29) is 28.8 Å². The van der Waals surface area contributed by atoms with Gasteiger partial charge >= 0.3 is 5.69 Å². The molecular weight excluding hydrogens is 380 g/mol. The van der Waals surface area contributed by atoms with Gasteiger partial charge in [-0.2, -0.15) is 5.26 Å². The van der Waals surface area contributed by atoms with E-state index in [1.165, 1.54) is 6.20 Å². The molecular formula is C19H11ClN6O2. The van der Waals surface area contributed by atoms with Crippen molar-refractivity contribution in [1.29, 1.82) is 5.26 Å². The van der Waals surface area contributed by atoms with Crippen LogP contribution in [-0.4, -0.2) is 25.1 Å². The SMILES string of the molecule is N#Cc1nnc(-c2c[nH]c(=O)[nH]c2=O)cc1[C@H]1C[C@@H]1C#Cc1ncccc1Cl. The Bertz CT molecular complexity index is 1290. The lowest BCUT2D eigenvalue weighted by atomic mass is 10.1. The van der Waals surface area contributed by atoms with Crippen LogP contribution < -0.4 is 11.2 Å². The summed E-state index contributed by atoms with van der Waals surface area (Å²) >= 11 is 6.06. The number of nitriles is 1. The van der Waals surface area contributed by atoms with Gasteiger partial charge in [-0.25, -0.2) is 9.78 Å². The largest absolute Gasteiger partial charge is 0.325 e. The number of aromatic amines is 2. The molecule has 9 heteroatoms. The topological polar surface area (TPSA) is 128 Å². The average Bonchev–Trinajstić information content (AvgIpc) is 3.46. The Balaban J connectivity index is 1.66. The molecule has 3 aromatic rings. The van der Waals surface area contributed by atoms with Crippen LogP contribution in [0, 0.1) is 29.1 Å². The van der Waals surface area contributed by atoms with Gasteiger partial charge in [0.15, 0.2) is 5.69 Å². The Labute approximate surface area is 163 Å². The molecule has 1 aliphatic rings. The average molecular weight is 391 g/mol. The molecule has 0 unspecified atom stereocenters. The minimum absolute atomic E-state index is 0.000677. The van der Waals surface area contributed by atoms with Crippen LogP contribution in [0.5, 0.6) is 0 Å². The van der Waals surface area contributed by atoms with Crippen molar-refractivity contribution >= 4 is 11.6 Å². The molecule has 1 aliphatic carbocycles. The Hall–Kier alpha value is -3.75. The third-order valence-electron chi connectivity index (χ3n) is 4.35. The summed E-state index contributed by atoms with van der Waals surface area (Å²) < 4.78 is 0. The molecule has 2 atom stereocenters. The standard InChI is InChI=1S/C19H11ClN6O2/c20-14-2-1-5-22-15(14)4-3-10-6-11(10)12-7-16(25-26-17(12)8-21)13-9-23-19(28)24-18(13)27/h1-2,5,7,9-11H,6H2,(H2,23,24,27,28)/t10-,11-/m0/s1. The number of aromatic nitrogens is 5. The van der Waals surface area contributed by atoms with Crippen molar-refractivity contribution in [2.24, 2.45) is 5.92 Å². The van der Waals surface area contributed by atoms with Gasteiger partial charge in [-0.05, 0) is 36.1 Å². The number of halogens is 1. The van der Waals surface area contributed by atoms with Crippen molar-refractivity contribution in [2.45, 2.75) is 12.3 Å². The van der Waals surface area contributed by atoms with E-state index >= 15 is 0 Å². The van der Waals surface area contributed by atoms with Crippen molar-refractivity contribution in [2.75, 3.05) is 0 Å².